The first-order chi connectivity index (χ1) is 12.8. The number of benzene rings is 1. The van der Waals surface area contributed by atoms with Gasteiger partial charge in [0.05, 0.1) is 0 Å². The molecule has 1 aromatic carbocycles. The van der Waals surface area contributed by atoms with Crippen molar-refractivity contribution in [2.45, 2.75) is 18.6 Å². The molecule has 0 radical (unpaired) electrons. The molecule has 0 aliphatic heterocycles. The molecule has 0 amide bonds. The Morgan fingerprint density at radius 3 is 2.48 bits per heavy atom. The Morgan fingerprint density at radius 1 is 1.11 bits per heavy atom. The number of hydrogen-bond acceptors (Lipinski definition) is 6. The second-order valence-electron chi connectivity index (χ2n) is 6.11. The minimum absolute atomic E-state index is 0.146. The predicted octanol–water partition coefficient (Wildman–Crippen LogP) is 3.92. The lowest BCUT2D eigenvalue weighted by Gasteiger charge is -2.08. The van der Waals surface area contributed by atoms with Gasteiger partial charge in [0.1, 0.15) is 17.2 Å². The second kappa shape index (κ2) is 7.67. The first-order valence-corrected chi connectivity index (χ1v) is 10.4. The van der Waals surface area contributed by atoms with E-state index in [1.165, 1.54) is 37.6 Å². The van der Waals surface area contributed by atoms with E-state index in [1.807, 2.05) is 42.6 Å². The average Bonchev–Trinajstić information content (AvgIpc) is 3.30. The molecule has 0 unspecified atom stereocenters. The van der Waals surface area contributed by atoms with Gasteiger partial charge in [0.25, 0.3) is 10.0 Å². The maximum Gasteiger partial charge on any atom is 0.349 e. The van der Waals surface area contributed by atoms with E-state index in [9.17, 15) is 13.2 Å². The van der Waals surface area contributed by atoms with E-state index in [0.717, 1.165) is 21.0 Å². The molecule has 0 atom stereocenters. The molecule has 0 aliphatic carbocycles. The predicted molar refractivity (Wildman–Crippen MR) is 103 cm³/mol. The summed E-state index contributed by atoms with van der Waals surface area (Å²) in [6.07, 6.45) is 0. The minimum Gasteiger partial charge on any atom is -0.453 e. The summed E-state index contributed by atoms with van der Waals surface area (Å²) < 4.78 is 35.7. The number of nitrogens with zero attached hydrogens (tertiary/aromatic N) is 1. The molecule has 0 aliphatic rings. The minimum atomic E-state index is -3.66. The first-order valence-electron chi connectivity index (χ1n) is 8.12. The molecule has 142 valence electrons. The van der Waals surface area contributed by atoms with Crippen molar-refractivity contribution in [2.24, 2.45) is 0 Å². The zero-order valence-electron chi connectivity index (χ0n) is 15.1. The van der Waals surface area contributed by atoms with Crippen LogP contribution in [-0.2, 0) is 21.4 Å². The maximum absolute atomic E-state index is 12.5. The SMILES string of the molecule is Cc1ccc(-c2ccsc2C(=O)OCc2ccc(S(=O)(=O)N(C)C)o2)cc1. The molecule has 0 N–H and O–H groups in total. The number of thiophene rings is 1. The van der Waals surface area contributed by atoms with E-state index in [4.69, 9.17) is 9.15 Å². The van der Waals surface area contributed by atoms with Gasteiger partial charge >= 0.3 is 5.97 Å². The fourth-order valence-corrected chi connectivity index (χ4v) is 4.00. The van der Waals surface area contributed by atoms with Gasteiger partial charge in [-0.3, -0.25) is 0 Å². The smallest absolute Gasteiger partial charge is 0.349 e. The Hall–Kier alpha value is -2.42. The highest BCUT2D eigenvalue weighted by Crippen LogP contribution is 2.29. The summed E-state index contributed by atoms with van der Waals surface area (Å²) in [4.78, 5) is 13.0. The molecule has 2 aromatic heterocycles. The molecule has 6 nitrogen and oxygen atoms in total. The van der Waals surface area contributed by atoms with E-state index < -0.39 is 16.0 Å². The topological polar surface area (TPSA) is 76.8 Å². The second-order valence-corrected chi connectivity index (χ2v) is 9.11. The number of furan rings is 1. The molecule has 0 saturated carbocycles. The number of esters is 1. The third kappa shape index (κ3) is 4.13. The normalized spacial score (nSPS) is 11.7. The van der Waals surface area contributed by atoms with Crippen molar-refractivity contribution < 1.29 is 22.4 Å². The van der Waals surface area contributed by atoms with Gasteiger partial charge in [-0.15, -0.1) is 11.3 Å². The lowest BCUT2D eigenvalue weighted by molar-refractivity contribution is 0.0447. The highest BCUT2D eigenvalue weighted by molar-refractivity contribution is 7.88. The van der Waals surface area contributed by atoms with E-state index in [2.05, 4.69) is 0 Å². The summed E-state index contributed by atoms with van der Waals surface area (Å²) >= 11 is 1.30. The Labute approximate surface area is 162 Å². The van der Waals surface area contributed by atoms with Crippen molar-refractivity contribution in [3.05, 3.63) is 64.0 Å². The molecule has 0 fully saturated rings. The van der Waals surface area contributed by atoms with Gasteiger partial charge in [-0.25, -0.2) is 17.5 Å². The van der Waals surface area contributed by atoms with Crippen molar-refractivity contribution in [1.29, 1.82) is 0 Å². The number of rotatable bonds is 6. The molecular formula is C19H19NO5S2. The molecular weight excluding hydrogens is 386 g/mol. The van der Waals surface area contributed by atoms with E-state index in [-0.39, 0.29) is 17.5 Å². The Morgan fingerprint density at radius 2 is 1.81 bits per heavy atom. The zero-order valence-corrected chi connectivity index (χ0v) is 16.8. The lowest BCUT2D eigenvalue weighted by Crippen LogP contribution is -2.21. The summed E-state index contributed by atoms with van der Waals surface area (Å²) in [7, 11) is -0.821. The molecule has 27 heavy (non-hydrogen) atoms. The van der Waals surface area contributed by atoms with Crippen LogP contribution in [0.15, 0.2) is 57.4 Å². The summed E-state index contributed by atoms with van der Waals surface area (Å²) in [6, 6.07) is 12.6. The van der Waals surface area contributed by atoms with Crippen LogP contribution in [0.5, 0.6) is 0 Å². The van der Waals surface area contributed by atoms with Gasteiger partial charge in [0.15, 0.2) is 0 Å². The summed E-state index contributed by atoms with van der Waals surface area (Å²) in [5, 5.41) is 1.65. The van der Waals surface area contributed by atoms with Gasteiger partial charge in [-0.1, -0.05) is 29.8 Å². The van der Waals surface area contributed by atoms with Gasteiger partial charge in [-0.05, 0) is 36.1 Å². The Bertz CT molecular complexity index is 1050. The van der Waals surface area contributed by atoms with Crippen LogP contribution in [-0.4, -0.2) is 32.8 Å². The summed E-state index contributed by atoms with van der Waals surface area (Å²) in [6.45, 7) is 1.85. The average molecular weight is 405 g/mol. The molecule has 0 saturated heterocycles. The van der Waals surface area contributed by atoms with Crippen LogP contribution < -0.4 is 0 Å². The lowest BCUT2D eigenvalue weighted by atomic mass is 10.1. The third-order valence-electron chi connectivity index (χ3n) is 3.93. The van der Waals surface area contributed by atoms with Crippen LogP contribution >= 0.6 is 11.3 Å². The Kier molecular flexibility index (Phi) is 5.50. The molecule has 0 bridgehead atoms. The molecule has 0 spiro atoms. The Balaban J connectivity index is 1.72. The number of carbonyl (C=O) groups excluding carboxylic acids is 1. The highest BCUT2D eigenvalue weighted by atomic mass is 32.2. The number of ether oxygens (including phenoxy) is 1. The molecule has 3 aromatic rings. The monoisotopic (exact) mass is 405 g/mol. The largest absolute Gasteiger partial charge is 0.453 e. The van der Waals surface area contributed by atoms with Crippen LogP contribution in [0.3, 0.4) is 0 Å². The molecule has 2 heterocycles. The van der Waals surface area contributed by atoms with E-state index >= 15 is 0 Å². The van der Waals surface area contributed by atoms with Crippen LogP contribution in [0.4, 0.5) is 0 Å². The third-order valence-corrected chi connectivity index (χ3v) is 6.51. The van der Waals surface area contributed by atoms with Crippen LogP contribution in [0.1, 0.15) is 21.0 Å². The van der Waals surface area contributed by atoms with E-state index in [0.29, 0.717) is 4.88 Å². The summed E-state index contributed by atoms with van der Waals surface area (Å²) in [5.41, 5.74) is 2.88. The maximum atomic E-state index is 12.5. The molecule has 8 heteroatoms. The highest BCUT2D eigenvalue weighted by Gasteiger charge is 2.22. The van der Waals surface area contributed by atoms with Crippen molar-refractivity contribution in [2.75, 3.05) is 14.1 Å². The summed E-state index contributed by atoms with van der Waals surface area (Å²) in [5.74, 6) is -0.216. The van der Waals surface area contributed by atoms with Crippen LogP contribution in [0.2, 0.25) is 0 Å². The van der Waals surface area contributed by atoms with Crippen LogP contribution in [0, 0.1) is 6.92 Å². The first kappa shape index (κ1) is 19.3. The van der Waals surface area contributed by atoms with Gasteiger partial charge in [0, 0.05) is 19.7 Å². The number of carbonyl (C=O) groups is 1. The fourth-order valence-electron chi connectivity index (χ4n) is 2.38. The number of aryl methyl sites for hydroxylation is 1. The standard InChI is InChI=1S/C19H19NO5S2/c1-13-4-6-14(7-5-13)16-10-11-26-18(16)19(21)24-12-15-8-9-17(25-15)27(22,23)20(2)3/h4-11H,12H2,1-3H3. The number of hydrogen-bond donors (Lipinski definition) is 0. The van der Waals surface area contributed by atoms with Gasteiger partial charge in [0.2, 0.25) is 5.09 Å². The van der Waals surface area contributed by atoms with Gasteiger partial charge < -0.3 is 9.15 Å². The molecule has 3 rings (SSSR count). The fraction of sp³-hybridized carbons (Fsp3) is 0.211. The van der Waals surface area contributed by atoms with Gasteiger partial charge in [-0.2, -0.15) is 0 Å². The van der Waals surface area contributed by atoms with Crippen molar-refractivity contribution >= 4 is 27.3 Å². The van der Waals surface area contributed by atoms with Crippen molar-refractivity contribution in [3.8, 4) is 11.1 Å². The zero-order chi connectivity index (χ0) is 19.6. The van der Waals surface area contributed by atoms with E-state index in [1.54, 1.807) is 0 Å². The quantitative estimate of drug-likeness (QED) is 0.581. The van der Waals surface area contributed by atoms with Crippen molar-refractivity contribution in [3.63, 3.8) is 0 Å². The number of sulfonamides is 1. The van der Waals surface area contributed by atoms with Crippen LogP contribution in [0.25, 0.3) is 11.1 Å². The van der Waals surface area contributed by atoms with Crippen molar-refractivity contribution in [1.82, 2.24) is 4.31 Å².